The Morgan fingerprint density at radius 3 is 2.56 bits per heavy atom. The molecule has 1 aromatic carbocycles. The van der Waals surface area contributed by atoms with E-state index in [9.17, 15) is 4.21 Å². The molecule has 1 rings (SSSR count). The molecule has 0 aliphatic carbocycles. The Morgan fingerprint density at radius 1 is 1.31 bits per heavy atom. The van der Waals surface area contributed by atoms with Gasteiger partial charge in [-0.2, -0.15) is 0 Å². The van der Waals surface area contributed by atoms with Crippen molar-refractivity contribution in [2.24, 2.45) is 0 Å². The lowest BCUT2D eigenvalue weighted by atomic mass is 10.1. The summed E-state index contributed by atoms with van der Waals surface area (Å²) in [6.07, 6.45) is 0.920. The highest BCUT2D eigenvalue weighted by molar-refractivity contribution is 7.84. The fraction of sp³-hybridized carbons (Fsp3) is 0.538. The summed E-state index contributed by atoms with van der Waals surface area (Å²) in [7, 11) is -0.966. The molecule has 3 heteroatoms. The first-order chi connectivity index (χ1) is 7.39. The summed E-state index contributed by atoms with van der Waals surface area (Å²) in [5.41, 5.74) is 2.56. The van der Waals surface area contributed by atoms with E-state index in [-0.39, 0.29) is 4.75 Å². The zero-order valence-corrected chi connectivity index (χ0v) is 11.4. The quantitative estimate of drug-likeness (QED) is 0.859. The number of nitrogens with one attached hydrogen (secondary N) is 1. The second-order valence-electron chi connectivity index (χ2n) is 5.01. The van der Waals surface area contributed by atoms with Crippen LogP contribution in [0.3, 0.4) is 0 Å². The number of hydrogen-bond acceptors (Lipinski definition) is 1. The maximum absolute atomic E-state index is 11.7. The Morgan fingerprint density at radius 2 is 2.00 bits per heavy atom. The Hall–Kier alpha value is -0.670. The predicted octanol–water partition coefficient (Wildman–Crippen LogP) is 2.59. The average Bonchev–Trinajstić information content (AvgIpc) is 2.16. The van der Waals surface area contributed by atoms with E-state index < -0.39 is 11.0 Å². The molecule has 0 bridgehead atoms. The van der Waals surface area contributed by atoms with E-state index in [1.165, 1.54) is 11.1 Å². The second-order valence-corrected chi connectivity index (χ2v) is 7.07. The van der Waals surface area contributed by atoms with Crippen molar-refractivity contribution >= 4 is 11.0 Å². The van der Waals surface area contributed by atoms with Crippen LogP contribution in [0.25, 0.3) is 0 Å². The topological polar surface area (TPSA) is 29.1 Å². The predicted molar refractivity (Wildman–Crippen MR) is 70.8 cm³/mol. The molecule has 1 atom stereocenters. The SMILES string of the molecule is Cc1cccc(CCNS(=O)C(C)(C)C)c1. The Labute approximate surface area is 101 Å². The molecule has 0 saturated carbocycles. The van der Waals surface area contributed by atoms with Crippen molar-refractivity contribution in [1.82, 2.24) is 4.72 Å². The highest BCUT2D eigenvalue weighted by Crippen LogP contribution is 2.09. The molecule has 0 fully saturated rings. The third-order valence-corrected chi connectivity index (χ3v) is 3.86. The molecule has 0 amide bonds. The maximum atomic E-state index is 11.7. The zero-order chi connectivity index (χ0) is 12.2. The monoisotopic (exact) mass is 239 g/mol. The Balaban J connectivity index is 2.39. The summed E-state index contributed by atoms with van der Waals surface area (Å²) >= 11 is 0. The van der Waals surface area contributed by atoms with Gasteiger partial charge in [-0.15, -0.1) is 0 Å². The van der Waals surface area contributed by atoms with Gasteiger partial charge in [0.05, 0.1) is 15.7 Å². The minimum absolute atomic E-state index is 0.188. The molecule has 1 unspecified atom stereocenters. The van der Waals surface area contributed by atoms with Gasteiger partial charge >= 0.3 is 0 Å². The van der Waals surface area contributed by atoms with E-state index in [2.05, 4.69) is 35.9 Å². The summed E-state index contributed by atoms with van der Waals surface area (Å²) in [5, 5.41) is 0. The first-order valence-electron chi connectivity index (χ1n) is 5.60. The van der Waals surface area contributed by atoms with Gasteiger partial charge in [-0.1, -0.05) is 29.8 Å². The first-order valence-corrected chi connectivity index (χ1v) is 6.75. The highest BCUT2D eigenvalue weighted by Gasteiger charge is 2.18. The van der Waals surface area contributed by atoms with Crippen LogP contribution in [0.5, 0.6) is 0 Å². The lowest BCUT2D eigenvalue weighted by Gasteiger charge is -2.18. The van der Waals surface area contributed by atoms with Crippen molar-refractivity contribution in [3.8, 4) is 0 Å². The van der Waals surface area contributed by atoms with Crippen LogP contribution in [0.1, 0.15) is 31.9 Å². The van der Waals surface area contributed by atoms with Crippen LogP contribution < -0.4 is 4.72 Å². The fourth-order valence-corrected chi connectivity index (χ4v) is 2.09. The molecule has 90 valence electrons. The van der Waals surface area contributed by atoms with Crippen molar-refractivity contribution in [3.63, 3.8) is 0 Å². The molecule has 0 radical (unpaired) electrons. The van der Waals surface area contributed by atoms with E-state index in [1.54, 1.807) is 0 Å². The molecule has 1 N–H and O–H groups in total. The van der Waals surface area contributed by atoms with Gasteiger partial charge in [-0.05, 0) is 39.7 Å². The Kier molecular flexibility index (Phi) is 4.69. The molecule has 0 aliphatic rings. The molecule has 0 aliphatic heterocycles. The van der Waals surface area contributed by atoms with Crippen molar-refractivity contribution in [2.45, 2.75) is 38.9 Å². The van der Waals surface area contributed by atoms with E-state index in [1.807, 2.05) is 20.8 Å². The van der Waals surface area contributed by atoms with E-state index >= 15 is 0 Å². The van der Waals surface area contributed by atoms with Crippen molar-refractivity contribution in [3.05, 3.63) is 35.4 Å². The highest BCUT2D eigenvalue weighted by atomic mass is 32.2. The van der Waals surface area contributed by atoms with Gasteiger partial charge in [0, 0.05) is 6.54 Å². The molecule has 0 heterocycles. The minimum atomic E-state index is -0.966. The number of benzene rings is 1. The summed E-state index contributed by atoms with van der Waals surface area (Å²) < 4.78 is 14.6. The average molecular weight is 239 g/mol. The van der Waals surface area contributed by atoms with Gasteiger partial charge in [0.25, 0.3) is 0 Å². The van der Waals surface area contributed by atoms with Gasteiger partial charge in [-0.25, -0.2) is 8.93 Å². The largest absolute Gasteiger partial charge is 0.242 e. The normalized spacial score (nSPS) is 13.8. The maximum Gasteiger partial charge on any atom is 0.0970 e. The van der Waals surface area contributed by atoms with Crippen LogP contribution in [0.4, 0.5) is 0 Å². The standard InChI is InChI=1S/C13H21NOS/c1-11-6-5-7-12(10-11)8-9-14-16(15)13(2,3)4/h5-7,10,14H,8-9H2,1-4H3. The molecule has 0 saturated heterocycles. The van der Waals surface area contributed by atoms with Gasteiger partial charge in [0.1, 0.15) is 0 Å². The molecular weight excluding hydrogens is 218 g/mol. The van der Waals surface area contributed by atoms with Crippen LogP contribution in [-0.2, 0) is 17.4 Å². The van der Waals surface area contributed by atoms with E-state index in [0.29, 0.717) is 0 Å². The second kappa shape index (κ2) is 5.60. The molecule has 2 nitrogen and oxygen atoms in total. The van der Waals surface area contributed by atoms with Crippen molar-refractivity contribution < 1.29 is 4.21 Å². The smallest absolute Gasteiger partial charge is 0.0970 e. The van der Waals surface area contributed by atoms with Crippen molar-refractivity contribution in [2.75, 3.05) is 6.54 Å². The zero-order valence-electron chi connectivity index (χ0n) is 10.5. The fourth-order valence-electron chi connectivity index (χ4n) is 1.37. The number of aryl methyl sites for hydroxylation is 1. The first kappa shape index (κ1) is 13.4. The molecule has 1 aromatic rings. The van der Waals surface area contributed by atoms with Gasteiger partial charge in [-0.3, -0.25) is 0 Å². The third-order valence-electron chi connectivity index (χ3n) is 2.29. The number of hydrogen-bond donors (Lipinski definition) is 1. The third kappa shape index (κ3) is 4.45. The van der Waals surface area contributed by atoms with E-state index in [0.717, 1.165) is 13.0 Å². The summed E-state index contributed by atoms with van der Waals surface area (Å²) in [6.45, 7) is 8.77. The summed E-state index contributed by atoms with van der Waals surface area (Å²) in [6, 6.07) is 8.42. The van der Waals surface area contributed by atoms with Crippen LogP contribution >= 0.6 is 0 Å². The molecule has 0 spiro atoms. The van der Waals surface area contributed by atoms with Crippen LogP contribution in [0.15, 0.2) is 24.3 Å². The Bertz CT molecular complexity index is 368. The summed E-state index contributed by atoms with van der Waals surface area (Å²) in [4.78, 5) is 0. The van der Waals surface area contributed by atoms with Gasteiger partial charge in [0.15, 0.2) is 0 Å². The molecule has 0 aromatic heterocycles. The summed E-state index contributed by atoms with van der Waals surface area (Å²) in [5.74, 6) is 0. The lowest BCUT2D eigenvalue weighted by Crippen LogP contribution is -2.34. The van der Waals surface area contributed by atoms with Crippen LogP contribution in [0, 0.1) is 6.92 Å². The number of rotatable bonds is 4. The van der Waals surface area contributed by atoms with Gasteiger partial charge in [0.2, 0.25) is 0 Å². The van der Waals surface area contributed by atoms with Crippen LogP contribution in [0.2, 0.25) is 0 Å². The lowest BCUT2D eigenvalue weighted by molar-refractivity contribution is 0.635. The molecular formula is C13H21NOS. The van der Waals surface area contributed by atoms with Crippen molar-refractivity contribution in [1.29, 1.82) is 0 Å². The van der Waals surface area contributed by atoms with E-state index in [4.69, 9.17) is 0 Å². The van der Waals surface area contributed by atoms with Crippen LogP contribution in [-0.4, -0.2) is 15.5 Å². The minimum Gasteiger partial charge on any atom is -0.242 e. The van der Waals surface area contributed by atoms with Gasteiger partial charge < -0.3 is 0 Å². The molecule has 16 heavy (non-hydrogen) atoms.